The molecule has 0 amide bonds. The second kappa shape index (κ2) is 8.02. The van der Waals surface area contributed by atoms with Gasteiger partial charge >= 0.3 is 0 Å². The number of hydrogen-bond acceptors (Lipinski definition) is 4. The summed E-state index contributed by atoms with van der Waals surface area (Å²) in [5.74, 6) is 0.346. The second-order valence-corrected chi connectivity index (χ2v) is 6.22. The van der Waals surface area contributed by atoms with E-state index in [1.807, 2.05) is 22.9 Å². The first kappa shape index (κ1) is 17.3. The van der Waals surface area contributed by atoms with Gasteiger partial charge in [0, 0.05) is 30.7 Å². The fourth-order valence-electron chi connectivity index (χ4n) is 2.76. The number of aliphatic hydroxyl groups excluding tert-OH is 1. The van der Waals surface area contributed by atoms with Gasteiger partial charge in [-0.3, -0.25) is 0 Å². The minimum absolute atomic E-state index is 0.256. The molecule has 1 atom stereocenters. The molecule has 23 heavy (non-hydrogen) atoms. The van der Waals surface area contributed by atoms with Crippen molar-refractivity contribution in [2.75, 3.05) is 11.4 Å². The van der Waals surface area contributed by atoms with E-state index in [-0.39, 0.29) is 6.04 Å². The predicted octanol–water partition coefficient (Wildman–Crippen LogP) is 2.82. The van der Waals surface area contributed by atoms with Crippen LogP contribution in [-0.2, 0) is 13.0 Å². The van der Waals surface area contributed by atoms with Crippen molar-refractivity contribution in [2.45, 2.75) is 52.3 Å². The largest absolute Gasteiger partial charge is 0.508 e. The Kier molecular flexibility index (Phi) is 6.04. The third kappa shape index (κ3) is 4.73. The van der Waals surface area contributed by atoms with Crippen LogP contribution in [0.2, 0.25) is 0 Å². The monoisotopic (exact) mass is 317 g/mol. The molecule has 1 aromatic heterocycles. The van der Waals surface area contributed by atoms with Crippen molar-refractivity contribution in [3.8, 4) is 5.75 Å². The van der Waals surface area contributed by atoms with Crippen molar-refractivity contribution in [1.29, 1.82) is 0 Å². The van der Waals surface area contributed by atoms with Crippen LogP contribution in [0, 0.1) is 0 Å². The van der Waals surface area contributed by atoms with E-state index in [4.69, 9.17) is 0 Å². The van der Waals surface area contributed by atoms with Gasteiger partial charge in [0.25, 0.3) is 0 Å². The Hall–Kier alpha value is -2.01. The number of imidazole rings is 1. The summed E-state index contributed by atoms with van der Waals surface area (Å²) >= 11 is 0. The second-order valence-electron chi connectivity index (χ2n) is 6.22. The third-order valence-electron chi connectivity index (χ3n) is 3.93. The summed E-state index contributed by atoms with van der Waals surface area (Å²) in [7, 11) is 0. The molecular formula is C18H27N3O2. The van der Waals surface area contributed by atoms with Gasteiger partial charge in [0.2, 0.25) is 0 Å². The van der Waals surface area contributed by atoms with Crippen LogP contribution in [0.4, 0.5) is 5.69 Å². The molecule has 0 aliphatic heterocycles. The lowest BCUT2D eigenvalue weighted by atomic mass is 10.1. The lowest BCUT2D eigenvalue weighted by Crippen LogP contribution is -2.39. The number of phenolic OH excluding ortho intramolecular Hbond substituents is 1. The summed E-state index contributed by atoms with van der Waals surface area (Å²) < 4.78 is 1.88. The predicted molar refractivity (Wildman–Crippen MR) is 92.8 cm³/mol. The molecule has 0 spiro atoms. The zero-order chi connectivity index (χ0) is 16.8. The Morgan fingerprint density at radius 2 is 2.09 bits per heavy atom. The number of aryl methyl sites for hydroxylation is 1. The maximum absolute atomic E-state index is 10.4. The number of benzene rings is 1. The molecule has 5 heteroatoms. The Morgan fingerprint density at radius 3 is 2.70 bits per heavy atom. The molecule has 0 fully saturated rings. The highest BCUT2D eigenvalue weighted by atomic mass is 16.3. The van der Waals surface area contributed by atoms with Crippen molar-refractivity contribution < 1.29 is 10.2 Å². The van der Waals surface area contributed by atoms with E-state index in [0.29, 0.717) is 18.8 Å². The summed E-state index contributed by atoms with van der Waals surface area (Å²) in [4.78, 5) is 6.17. The van der Waals surface area contributed by atoms with Gasteiger partial charge in [0.05, 0.1) is 19.0 Å². The van der Waals surface area contributed by atoms with E-state index >= 15 is 0 Å². The lowest BCUT2D eigenvalue weighted by Gasteiger charge is -2.31. The fraction of sp³-hybridized carbons (Fsp3) is 0.500. The van der Waals surface area contributed by atoms with Gasteiger partial charge < -0.3 is 19.7 Å². The molecule has 1 unspecified atom stereocenters. The molecular weight excluding hydrogens is 290 g/mol. The number of rotatable bonds is 8. The number of anilines is 1. The molecule has 2 N–H and O–H groups in total. The van der Waals surface area contributed by atoms with E-state index in [9.17, 15) is 10.2 Å². The highest BCUT2D eigenvalue weighted by molar-refractivity contribution is 5.53. The first-order valence-electron chi connectivity index (χ1n) is 8.23. The van der Waals surface area contributed by atoms with E-state index in [2.05, 4.69) is 30.7 Å². The van der Waals surface area contributed by atoms with E-state index < -0.39 is 6.10 Å². The lowest BCUT2D eigenvalue weighted by molar-refractivity contribution is 0.157. The smallest absolute Gasteiger partial charge is 0.118 e. The van der Waals surface area contributed by atoms with Crippen molar-refractivity contribution in [1.82, 2.24) is 9.55 Å². The van der Waals surface area contributed by atoms with Crippen LogP contribution >= 0.6 is 0 Å². The van der Waals surface area contributed by atoms with Crippen molar-refractivity contribution in [2.24, 2.45) is 0 Å². The SMILES string of the molecule is CCCc1cc(N(CC(O)Cn2ccnc2)C(C)C)ccc1O. The van der Waals surface area contributed by atoms with Crippen LogP contribution in [0.25, 0.3) is 0 Å². The topological polar surface area (TPSA) is 61.5 Å². The Morgan fingerprint density at radius 1 is 1.30 bits per heavy atom. The van der Waals surface area contributed by atoms with Crippen molar-refractivity contribution in [3.63, 3.8) is 0 Å². The standard InChI is InChI=1S/C18H27N3O2/c1-4-5-15-10-16(6-7-18(15)23)21(14(2)3)12-17(22)11-20-9-8-19-13-20/h6-10,13-14,17,22-23H,4-5,11-12H2,1-3H3. The van der Waals surface area contributed by atoms with Crippen LogP contribution in [0.15, 0.2) is 36.9 Å². The quantitative estimate of drug-likeness (QED) is 0.786. The highest BCUT2D eigenvalue weighted by Crippen LogP contribution is 2.26. The summed E-state index contributed by atoms with van der Waals surface area (Å²) in [5, 5.41) is 20.4. The first-order chi connectivity index (χ1) is 11.0. The highest BCUT2D eigenvalue weighted by Gasteiger charge is 2.17. The minimum atomic E-state index is -0.491. The van der Waals surface area contributed by atoms with Crippen LogP contribution in [-0.4, -0.2) is 38.5 Å². The molecule has 0 saturated carbocycles. The van der Waals surface area contributed by atoms with E-state index in [1.54, 1.807) is 18.6 Å². The third-order valence-corrected chi connectivity index (χ3v) is 3.93. The van der Waals surface area contributed by atoms with Gasteiger partial charge in [-0.05, 0) is 44.0 Å². The molecule has 0 saturated heterocycles. The number of aliphatic hydroxyl groups is 1. The zero-order valence-electron chi connectivity index (χ0n) is 14.2. The summed E-state index contributed by atoms with van der Waals surface area (Å²) in [5.41, 5.74) is 1.99. The van der Waals surface area contributed by atoms with Gasteiger partial charge in [-0.1, -0.05) is 13.3 Å². The van der Waals surface area contributed by atoms with Crippen LogP contribution < -0.4 is 4.90 Å². The average molecular weight is 317 g/mol. The molecule has 1 heterocycles. The minimum Gasteiger partial charge on any atom is -0.508 e. The van der Waals surface area contributed by atoms with Crippen LogP contribution in [0.5, 0.6) is 5.75 Å². The molecule has 126 valence electrons. The maximum Gasteiger partial charge on any atom is 0.118 e. The zero-order valence-corrected chi connectivity index (χ0v) is 14.2. The molecule has 1 aromatic carbocycles. The molecule has 5 nitrogen and oxygen atoms in total. The van der Waals surface area contributed by atoms with Crippen LogP contribution in [0.1, 0.15) is 32.8 Å². The van der Waals surface area contributed by atoms with Gasteiger partial charge in [-0.25, -0.2) is 4.98 Å². The number of aromatic hydroxyl groups is 1. The Balaban J connectivity index is 2.13. The summed E-state index contributed by atoms with van der Waals surface area (Å²) in [6.45, 7) is 7.36. The summed E-state index contributed by atoms with van der Waals surface area (Å²) in [6, 6.07) is 5.95. The maximum atomic E-state index is 10.4. The molecule has 0 aliphatic rings. The van der Waals surface area contributed by atoms with Gasteiger partial charge in [-0.2, -0.15) is 0 Å². The molecule has 0 bridgehead atoms. The summed E-state index contributed by atoms with van der Waals surface area (Å²) in [6.07, 6.45) is 6.62. The average Bonchev–Trinajstić information content (AvgIpc) is 3.00. The van der Waals surface area contributed by atoms with E-state index in [0.717, 1.165) is 24.1 Å². The number of phenols is 1. The van der Waals surface area contributed by atoms with Gasteiger partial charge in [0.15, 0.2) is 0 Å². The van der Waals surface area contributed by atoms with Crippen LogP contribution in [0.3, 0.4) is 0 Å². The van der Waals surface area contributed by atoms with E-state index in [1.165, 1.54) is 0 Å². The Bertz CT molecular complexity index is 596. The molecule has 2 rings (SSSR count). The normalized spacial score (nSPS) is 12.6. The first-order valence-corrected chi connectivity index (χ1v) is 8.23. The number of aromatic nitrogens is 2. The fourth-order valence-corrected chi connectivity index (χ4v) is 2.76. The molecule has 2 aromatic rings. The van der Waals surface area contributed by atoms with Gasteiger partial charge in [0.1, 0.15) is 5.75 Å². The number of hydrogen-bond donors (Lipinski definition) is 2. The number of nitrogens with zero attached hydrogens (tertiary/aromatic N) is 3. The van der Waals surface area contributed by atoms with Crippen molar-refractivity contribution >= 4 is 5.69 Å². The molecule has 0 radical (unpaired) electrons. The van der Waals surface area contributed by atoms with Gasteiger partial charge in [-0.15, -0.1) is 0 Å². The van der Waals surface area contributed by atoms with Crippen molar-refractivity contribution in [3.05, 3.63) is 42.5 Å². The Labute approximate surface area is 138 Å². The molecule has 0 aliphatic carbocycles.